The van der Waals surface area contributed by atoms with Crippen molar-refractivity contribution in [1.82, 2.24) is 15.4 Å². The molecule has 0 spiro atoms. The molecule has 0 saturated carbocycles. The van der Waals surface area contributed by atoms with Crippen LogP contribution in [0, 0.1) is 0 Å². The fourth-order valence-corrected chi connectivity index (χ4v) is 2.14. The van der Waals surface area contributed by atoms with E-state index in [2.05, 4.69) is 15.4 Å². The summed E-state index contributed by atoms with van der Waals surface area (Å²) < 4.78 is 10.3. The van der Waals surface area contributed by atoms with Crippen molar-refractivity contribution in [3.05, 3.63) is 45.7 Å². The number of benzene rings is 1. The van der Waals surface area contributed by atoms with E-state index in [1.165, 1.54) is 20.4 Å². The van der Waals surface area contributed by atoms with E-state index >= 15 is 0 Å². The minimum atomic E-state index is -0.451. The molecule has 0 aliphatic carbocycles. The Hall–Kier alpha value is -1.60. The minimum absolute atomic E-state index is 0.309. The minimum Gasteiger partial charge on any atom is -0.480 e. The van der Waals surface area contributed by atoms with Crippen molar-refractivity contribution in [2.24, 2.45) is 5.84 Å². The van der Waals surface area contributed by atoms with E-state index < -0.39 is 6.04 Å². The normalized spacial score (nSPS) is 12.0. The second-order valence-corrected chi connectivity index (χ2v) is 4.89. The van der Waals surface area contributed by atoms with Crippen LogP contribution >= 0.6 is 23.2 Å². The van der Waals surface area contributed by atoms with Crippen molar-refractivity contribution in [1.29, 1.82) is 0 Å². The molecule has 0 aliphatic rings. The Bertz CT molecular complexity index is 640. The molecule has 1 aromatic carbocycles. The van der Waals surface area contributed by atoms with Gasteiger partial charge in [-0.2, -0.15) is 4.98 Å². The number of hydrogen-bond donors (Lipinski definition) is 2. The number of nitrogens with one attached hydrogen (secondary N) is 1. The van der Waals surface area contributed by atoms with Crippen LogP contribution in [-0.4, -0.2) is 24.2 Å². The maximum atomic E-state index is 6.04. The second kappa shape index (κ2) is 6.91. The third-order valence-corrected chi connectivity index (χ3v) is 3.60. The number of nitrogens with zero attached hydrogens (tertiary/aromatic N) is 2. The molecular formula is C13H14Cl2N4O2. The molecular weight excluding hydrogens is 315 g/mol. The lowest BCUT2D eigenvalue weighted by molar-refractivity contribution is 0.352. The van der Waals surface area contributed by atoms with Crippen LogP contribution in [0.4, 0.5) is 0 Å². The van der Waals surface area contributed by atoms with Gasteiger partial charge in [-0.25, -0.2) is 10.4 Å². The maximum absolute atomic E-state index is 6.04. The number of aromatic nitrogens is 2. The van der Waals surface area contributed by atoms with Gasteiger partial charge in [0.25, 0.3) is 0 Å². The third-order valence-electron chi connectivity index (χ3n) is 2.86. The lowest BCUT2D eigenvalue weighted by Gasteiger charge is -2.18. The highest BCUT2D eigenvalue weighted by molar-refractivity contribution is 6.42. The molecule has 112 valence electrons. The zero-order chi connectivity index (χ0) is 15.4. The Morgan fingerprint density at radius 2 is 1.95 bits per heavy atom. The highest BCUT2D eigenvalue weighted by Gasteiger charge is 2.21. The quantitative estimate of drug-likeness (QED) is 0.647. The van der Waals surface area contributed by atoms with Gasteiger partial charge in [0.15, 0.2) is 0 Å². The van der Waals surface area contributed by atoms with E-state index in [9.17, 15) is 0 Å². The van der Waals surface area contributed by atoms with E-state index in [1.807, 2.05) is 0 Å². The Morgan fingerprint density at radius 1 is 1.19 bits per heavy atom. The van der Waals surface area contributed by atoms with Gasteiger partial charge in [-0.3, -0.25) is 5.84 Å². The first-order valence-electron chi connectivity index (χ1n) is 5.96. The molecule has 0 bridgehead atoms. The van der Waals surface area contributed by atoms with Crippen molar-refractivity contribution in [2.45, 2.75) is 6.04 Å². The van der Waals surface area contributed by atoms with E-state index in [4.69, 9.17) is 38.5 Å². The molecule has 6 nitrogen and oxygen atoms in total. The number of rotatable bonds is 5. The lowest BCUT2D eigenvalue weighted by atomic mass is 10.0. The summed E-state index contributed by atoms with van der Waals surface area (Å²) in [6.07, 6.45) is 1.49. The third kappa shape index (κ3) is 3.36. The van der Waals surface area contributed by atoms with E-state index in [1.54, 1.807) is 18.2 Å². The van der Waals surface area contributed by atoms with E-state index in [0.29, 0.717) is 27.5 Å². The van der Waals surface area contributed by atoms with Gasteiger partial charge in [0, 0.05) is 0 Å². The molecule has 0 fully saturated rings. The predicted molar refractivity (Wildman–Crippen MR) is 80.8 cm³/mol. The van der Waals surface area contributed by atoms with Gasteiger partial charge in [0.1, 0.15) is 5.69 Å². The summed E-state index contributed by atoms with van der Waals surface area (Å²) in [5, 5.41) is 0.888. The number of hydrazine groups is 1. The average molecular weight is 329 g/mol. The molecule has 1 atom stereocenters. The summed E-state index contributed by atoms with van der Waals surface area (Å²) in [6.45, 7) is 0. The lowest BCUT2D eigenvalue weighted by Crippen LogP contribution is -2.30. The number of halogens is 2. The zero-order valence-electron chi connectivity index (χ0n) is 11.4. The summed E-state index contributed by atoms with van der Waals surface area (Å²) in [7, 11) is 3.00. The number of ether oxygens (including phenoxy) is 2. The van der Waals surface area contributed by atoms with Crippen molar-refractivity contribution in [3.63, 3.8) is 0 Å². The van der Waals surface area contributed by atoms with E-state index in [-0.39, 0.29) is 0 Å². The van der Waals surface area contributed by atoms with Crippen LogP contribution in [0.1, 0.15) is 17.3 Å². The van der Waals surface area contributed by atoms with Crippen molar-refractivity contribution < 1.29 is 9.47 Å². The van der Waals surface area contributed by atoms with Crippen LogP contribution in [0.2, 0.25) is 10.0 Å². The molecule has 0 saturated heterocycles. The highest BCUT2D eigenvalue weighted by Crippen LogP contribution is 2.31. The highest BCUT2D eigenvalue weighted by atomic mass is 35.5. The molecule has 2 aromatic rings. The maximum Gasteiger partial charge on any atom is 0.240 e. The molecule has 0 aliphatic heterocycles. The molecule has 21 heavy (non-hydrogen) atoms. The molecule has 2 rings (SSSR count). The molecule has 8 heteroatoms. The van der Waals surface area contributed by atoms with Crippen LogP contribution in [0.5, 0.6) is 11.8 Å². The molecule has 0 radical (unpaired) electrons. The van der Waals surface area contributed by atoms with Crippen molar-refractivity contribution in [3.8, 4) is 11.8 Å². The monoisotopic (exact) mass is 328 g/mol. The number of nitrogens with two attached hydrogens (primary N) is 1. The Labute approximate surface area is 132 Å². The zero-order valence-corrected chi connectivity index (χ0v) is 12.9. The summed E-state index contributed by atoms with van der Waals surface area (Å²) in [6, 6.07) is 4.74. The Balaban J connectivity index is 2.47. The van der Waals surface area contributed by atoms with Crippen LogP contribution in [0.15, 0.2) is 24.4 Å². The SMILES string of the molecule is COc1cnc(C(NN)c2ccc(Cl)c(Cl)c2)c(OC)n1. The first-order chi connectivity index (χ1) is 10.1. The van der Waals surface area contributed by atoms with Gasteiger partial charge in [0.2, 0.25) is 11.8 Å². The number of methoxy groups -OCH3 is 2. The van der Waals surface area contributed by atoms with Gasteiger partial charge in [-0.15, -0.1) is 0 Å². The van der Waals surface area contributed by atoms with Crippen molar-refractivity contribution >= 4 is 23.2 Å². The summed E-state index contributed by atoms with van der Waals surface area (Å²) >= 11 is 12.0. The van der Waals surface area contributed by atoms with Crippen molar-refractivity contribution in [2.75, 3.05) is 14.2 Å². The Kier molecular flexibility index (Phi) is 5.19. The van der Waals surface area contributed by atoms with Crippen LogP contribution in [0.3, 0.4) is 0 Å². The van der Waals surface area contributed by atoms with Crippen LogP contribution < -0.4 is 20.7 Å². The fourth-order valence-electron chi connectivity index (χ4n) is 1.84. The van der Waals surface area contributed by atoms with Gasteiger partial charge < -0.3 is 9.47 Å². The van der Waals surface area contributed by atoms with Gasteiger partial charge in [-0.1, -0.05) is 29.3 Å². The first-order valence-corrected chi connectivity index (χ1v) is 6.72. The second-order valence-electron chi connectivity index (χ2n) is 4.08. The summed E-state index contributed by atoms with van der Waals surface area (Å²) in [4.78, 5) is 8.47. The number of hydrogen-bond acceptors (Lipinski definition) is 6. The topological polar surface area (TPSA) is 82.3 Å². The van der Waals surface area contributed by atoms with Gasteiger partial charge in [-0.05, 0) is 17.7 Å². The standard InChI is InChI=1S/C13H14Cl2N4O2/c1-20-10-6-17-12(13(18-10)21-2)11(19-16)7-3-4-8(14)9(15)5-7/h3-6,11,19H,16H2,1-2H3. The van der Waals surface area contributed by atoms with Crippen LogP contribution in [0.25, 0.3) is 0 Å². The van der Waals surface area contributed by atoms with E-state index in [0.717, 1.165) is 5.56 Å². The predicted octanol–water partition coefficient (Wildman–Crippen LogP) is 2.35. The largest absolute Gasteiger partial charge is 0.480 e. The smallest absolute Gasteiger partial charge is 0.240 e. The molecule has 1 unspecified atom stereocenters. The Morgan fingerprint density at radius 3 is 2.52 bits per heavy atom. The molecule has 1 heterocycles. The first kappa shape index (κ1) is 15.8. The van der Waals surface area contributed by atoms with Gasteiger partial charge in [0.05, 0.1) is 36.5 Å². The molecule has 1 aromatic heterocycles. The summed E-state index contributed by atoms with van der Waals surface area (Å²) in [5.41, 5.74) is 3.96. The molecule has 3 N–H and O–H groups in total. The van der Waals surface area contributed by atoms with Gasteiger partial charge >= 0.3 is 0 Å². The average Bonchev–Trinajstić information content (AvgIpc) is 2.51. The fraction of sp³-hybridized carbons (Fsp3) is 0.231. The van der Waals surface area contributed by atoms with Crippen LogP contribution in [-0.2, 0) is 0 Å². The summed E-state index contributed by atoms with van der Waals surface area (Å²) in [5.74, 6) is 6.29. The molecule has 0 amide bonds.